The van der Waals surface area contributed by atoms with Crippen molar-refractivity contribution in [3.63, 3.8) is 0 Å². The largest absolute Gasteiger partial charge is 0.496 e. The summed E-state index contributed by atoms with van der Waals surface area (Å²) < 4.78 is 5.21. The molecule has 4 heteroatoms. The van der Waals surface area contributed by atoms with Crippen LogP contribution < -0.4 is 16.2 Å². The standard InChI is InChI=1S/C10H15ClN2O/c1-6-3-10(14-2)7(4-8(6)11)9(13)5-12/h3-4,9H,5,12-13H2,1-2H3. The summed E-state index contributed by atoms with van der Waals surface area (Å²) in [5.41, 5.74) is 13.1. The fourth-order valence-electron chi connectivity index (χ4n) is 1.26. The third-order valence-electron chi connectivity index (χ3n) is 2.16. The molecule has 14 heavy (non-hydrogen) atoms. The molecule has 0 saturated carbocycles. The maximum absolute atomic E-state index is 5.99. The van der Waals surface area contributed by atoms with Crippen LogP contribution in [0.15, 0.2) is 12.1 Å². The Morgan fingerprint density at radius 2 is 2.14 bits per heavy atom. The highest BCUT2D eigenvalue weighted by Gasteiger charge is 2.12. The molecule has 3 nitrogen and oxygen atoms in total. The van der Waals surface area contributed by atoms with Crippen molar-refractivity contribution in [3.05, 3.63) is 28.3 Å². The summed E-state index contributed by atoms with van der Waals surface area (Å²) in [5, 5.41) is 0.685. The summed E-state index contributed by atoms with van der Waals surface area (Å²) in [6, 6.07) is 3.45. The fourth-order valence-corrected chi connectivity index (χ4v) is 1.44. The highest BCUT2D eigenvalue weighted by Crippen LogP contribution is 2.29. The van der Waals surface area contributed by atoms with E-state index >= 15 is 0 Å². The lowest BCUT2D eigenvalue weighted by molar-refractivity contribution is 0.405. The molecule has 1 rings (SSSR count). The average molecular weight is 215 g/mol. The van der Waals surface area contributed by atoms with Crippen molar-refractivity contribution in [2.45, 2.75) is 13.0 Å². The van der Waals surface area contributed by atoms with Gasteiger partial charge in [-0.2, -0.15) is 0 Å². The number of ether oxygens (including phenoxy) is 1. The van der Waals surface area contributed by atoms with Gasteiger partial charge in [-0.15, -0.1) is 0 Å². The van der Waals surface area contributed by atoms with E-state index in [-0.39, 0.29) is 6.04 Å². The molecule has 0 amide bonds. The van der Waals surface area contributed by atoms with Gasteiger partial charge in [0.15, 0.2) is 0 Å². The molecule has 4 N–H and O–H groups in total. The molecule has 0 aliphatic heterocycles. The Morgan fingerprint density at radius 1 is 1.50 bits per heavy atom. The zero-order chi connectivity index (χ0) is 10.7. The Bertz CT molecular complexity index is 328. The van der Waals surface area contributed by atoms with Crippen LogP contribution in [-0.4, -0.2) is 13.7 Å². The van der Waals surface area contributed by atoms with Crippen LogP contribution in [0, 0.1) is 6.92 Å². The van der Waals surface area contributed by atoms with E-state index in [1.54, 1.807) is 7.11 Å². The van der Waals surface area contributed by atoms with E-state index in [0.29, 0.717) is 11.6 Å². The Balaban J connectivity index is 3.19. The Morgan fingerprint density at radius 3 is 2.64 bits per heavy atom. The summed E-state index contributed by atoms with van der Waals surface area (Å²) in [6.07, 6.45) is 0. The smallest absolute Gasteiger partial charge is 0.124 e. The number of hydrogen-bond acceptors (Lipinski definition) is 3. The van der Waals surface area contributed by atoms with E-state index in [2.05, 4.69) is 0 Å². The van der Waals surface area contributed by atoms with E-state index in [9.17, 15) is 0 Å². The third-order valence-corrected chi connectivity index (χ3v) is 2.57. The molecule has 0 aliphatic rings. The van der Waals surface area contributed by atoms with E-state index in [4.69, 9.17) is 27.8 Å². The zero-order valence-corrected chi connectivity index (χ0v) is 9.14. The first-order valence-electron chi connectivity index (χ1n) is 4.39. The lowest BCUT2D eigenvalue weighted by Crippen LogP contribution is -2.21. The second-order valence-electron chi connectivity index (χ2n) is 3.19. The fraction of sp³-hybridized carbons (Fsp3) is 0.400. The topological polar surface area (TPSA) is 61.3 Å². The van der Waals surface area contributed by atoms with E-state index in [1.807, 2.05) is 19.1 Å². The van der Waals surface area contributed by atoms with Gasteiger partial charge in [-0.05, 0) is 24.6 Å². The van der Waals surface area contributed by atoms with Crippen LogP contribution in [0.1, 0.15) is 17.2 Å². The molecule has 0 bridgehead atoms. The van der Waals surface area contributed by atoms with Crippen LogP contribution in [0.5, 0.6) is 5.75 Å². The highest BCUT2D eigenvalue weighted by atomic mass is 35.5. The van der Waals surface area contributed by atoms with Gasteiger partial charge in [-0.3, -0.25) is 0 Å². The van der Waals surface area contributed by atoms with Crippen LogP contribution in [-0.2, 0) is 0 Å². The number of halogens is 1. The normalized spacial score (nSPS) is 12.6. The average Bonchev–Trinajstić information content (AvgIpc) is 2.20. The molecule has 78 valence electrons. The van der Waals surface area contributed by atoms with Gasteiger partial charge < -0.3 is 16.2 Å². The van der Waals surface area contributed by atoms with Gasteiger partial charge >= 0.3 is 0 Å². The molecule has 1 unspecified atom stereocenters. The van der Waals surface area contributed by atoms with Gasteiger partial charge in [0.1, 0.15) is 5.75 Å². The molecule has 0 saturated heterocycles. The van der Waals surface area contributed by atoms with Crippen molar-refractivity contribution in [2.24, 2.45) is 11.5 Å². The van der Waals surface area contributed by atoms with Gasteiger partial charge in [0.05, 0.1) is 7.11 Å². The minimum atomic E-state index is -0.233. The van der Waals surface area contributed by atoms with Crippen molar-refractivity contribution in [1.29, 1.82) is 0 Å². The first-order chi connectivity index (χ1) is 6.60. The van der Waals surface area contributed by atoms with Gasteiger partial charge in [0.25, 0.3) is 0 Å². The number of hydrogen-bond donors (Lipinski definition) is 2. The highest BCUT2D eigenvalue weighted by molar-refractivity contribution is 6.31. The molecular formula is C10H15ClN2O. The van der Waals surface area contributed by atoms with Crippen molar-refractivity contribution in [2.75, 3.05) is 13.7 Å². The minimum absolute atomic E-state index is 0.233. The monoisotopic (exact) mass is 214 g/mol. The third kappa shape index (κ3) is 2.18. The Labute approximate surface area is 89.0 Å². The Hall–Kier alpha value is -0.770. The van der Waals surface area contributed by atoms with Crippen molar-refractivity contribution in [3.8, 4) is 5.75 Å². The lowest BCUT2D eigenvalue weighted by Gasteiger charge is -2.15. The van der Waals surface area contributed by atoms with Crippen LogP contribution in [0.2, 0.25) is 5.02 Å². The number of aryl methyl sites for hydroxylation is 1. The van der Waals surface area contributed by atoms with E-state index in [1.165, 1.54) is 0 Å². The molecule has 0 fully saturated rings. The molecule has 0 heterocycles. The van der Waals surface area contributed by atoms with E-state index < -0.39 is 0 Å². The molecule has 1 atom stereocenters. The molecule has 1 aromatic rings. The number of benzene rings is 1. The second kappa shape index (κ2) is 4.64. The van der Waals surface area contributed by atoms with Gasteiger partial charge in [0, 0.05) is 23.2 Å². The van der Waals surface area contributed by atoms with Crippen LogP contribution in [0.4, 0.5) is 0 Å². The maximum atomic E-state index is 5.99. The van der Waals surface area contributed by atoms with E-state index in [0.717, 1.165) is 16.9 Å². The number of methoxy groups -OCH3 is 1. The van der Waals surface area contributed by atoms with Crippen molar-refractivity contribution in [1.82, 2.24) is 0 Å². The minimum Gasteiger partial charge on any atom is -0.496 e. The van der Waals surface area contributed by atoms with Crippen molar-refractivity contribution >= 4 is 11.6 Å². The first-order valence-corrected chi connectivity index (χ1v) is 4.77. The lowest BCUT2D eigenvalue weighted by atomic mass is 10.0. The second-order valence-corrected chi connectivity index (χ2v) is 3.59. The summed E-state index contributed by atoms with van der Waals surface area (Å²) in [6.45, 7) is 2.29. The predicted octanol–water partition coefficient (Wildman–Crippen LogP) is 1.62. The summed E-state index contributed by atoms with van der Waals surface area (Å²) in [4.78, 5) is 0. The SMILES string of the molecule is COc1cc(C)c(Cl)cc1C(N)CN. The van der Waals surface area contributed by atoms with Crippen LogP contribution in [0.3, 0.4) is 0 Å². The number of rotatable bonds is 3. The van der Waals surface area contributed by atoms with Gasteiger partial charge in [0.2, 0.25) is 0 Å². The predicted molar refractivity (Wildman–Crippen MR) is 58.7 cm³/mol. The number of nitrogens with two attached hydrogens (primary N) is 2. The maximum Gasteiger partial charge on any atom is 0.124 e. The molecule has 0 spiro atoms. The van der Waals surface area contributed by atoms with Crippen LogP contribution >= 0.6 is 11.6 Å². The van der Waals surface area contributed by atoms with Gasteiger partial charge in [-0.1, -0.05) is 11.6 Å². The van der Waals surface area contributed by atoms with Crippen LogP contribution in [0.25, 0.3) is 0 Å². The van der Waals surface area contributed by atoms with Gasteiger partial charge in [-0.25, -0.2) is 0 Å². The summed E-state index contributed by atoms with van der Waals surface area (Å²) in [5.74, 6) is 0.741. The summed E-state index contributed by atoms with van der Waals surface area (Å²) >= 11 is 5.99. The molecule has 0 radical (unpaired) electrons. The molecule has 0 aliphatic carbocycles. The zero-order valence-electron chi connectivity index (χ0n) is 8.38. The molecule has 0 aromatic heterocycles. The summed E-state index contributed by atoms with van der Waals surface area (Å²) in [7, 11) is 1.61. The quantitative estimate of drug-likeness (QED) is 0.804. The first kappa shape index (κ1) is 11.3. The molecular weight excluding hydrogens is 200 g/mol. The Kier molecular flexibility index (Phi) is 3.75. The van der Waals surface area contributed by atoms with Crippen molar-refractivity contribution < 1.29 is 4.74 Å². The molecule has 1 aromatic carbocycles.